The maximum absolute atomic E-state index is 13.1. The molecular weight excluding hydrogens is 372 g/mol. The van der Waals surface area contributed by atoms with Crippen molar-refractivity contribution in [1.82, 2.24) is 9.80 Å². The Bertz CT molecular complexity index is 650. The Kier molecular flexibility index (Phi) is 8.03. The lowest BCUT2D eigenvalue weighted by atomic mass is 9.85. The number of carbonyl (C=O) groups is 2. The van der Waals surface area contributed by atoms with Crippen LogP contribution in [0.5, 0.6) is 0 Å². The molecule has 4 rings (SSSR count). The minimum Gasteiger partial charge on any atom is -0.483 e. The summed E-state index contributed by atoms with van der Waals surface area (Å²) in [5.74, 6) is 0.376. The summed E-state index contributed by atoms with van der Waals surface area (Å²) < 4.78 is 11.3. The summed E-state index contributed by atoms with van der Waals surface area (Å²) in [4.78, 5) is 25.9. The van der Waals surface area contributed by atoms with E-state index >= 15 is 0 Å². The Morgan fingerprint density at radius 2 is 1.79 bits per heavy atom. The van der Waals surface area contributed by atoms with Gasteiger partial charge in [0, 0.05) is 32.6 Å². The third-order valence-electron chi connectivity index (χ3n) is 6.12. The van der Waals surface area contributed by atoms with E-state index in [2.05, 4.69) is 34.1 Å². The Labute approximate surface area is 172 Å². The fraction of sp³-hybridized carbons (Fsp3) is 0.636. The first kappa shape index (κ1) is 21.7. The van der Waals surface area contributed by atoms with Crippen LogP contribution in [0, 0.1) is 5.41 Å². The van der Waals surface area contributed by atoms with E-state index in [1.165, 1.54) is 5.56 Å². The summed E-state index contributed by atoms with van der Waals surface area (Å²) in [6, 6.07) is 10.5. The summed E-state index contributed by atoms with van der Waals surface area (Å²) in [6.45, 7) is 6.00. The molecule has 7 heteroatoms. The van der Waals surface area contributed by atoms with Gasteiger partial charge in [0.1, 0.15) is 0 Å². The lowest BCUT2D eigenvalue weighted by Gasteiger charge is -2.26. The average molecular weight is 405 g/mol. The number of carboxylic acid groups (broad SMARTS) is 1. The minimum atomic E-state index is -0.250. The highest BCUT2D eigenvalue weighted by atomic mass is 16.7. The molecule has 0 bridgehead atoms. The highest BCUT2D eigenvalue weighted by Crippen LogP contribution is 2.40. The van der Waals surface area contributed by atoms with Crippen molar-refractivity contribution in [2.75, 3.05) is 45.9 Å². The first-order chi connectivity index (χ1) is 14.2. The molecular formula is C22H32N2O5. The van der Waals surface area contributed by atoms with Gasteiger partial charge < -0.3 is 24.4 Å². The molecule has 0 saturated carbocycles. The summed E-state index contributed by atoms with van der Waals surface area (Å²) in [7, 11) is 0. The number of hydrogen-bond donors (Lipinski definition) is 1. The number of nitrogens with zero attached hydrogens (tertiary/aromatic N) is 2. The van der Waals surface area contributed by atoms with Crippen molar-refractivity contribution in [1.29, 1.82) is 0 Å². The van der Waals surface area contributed by atoms with Gasteiger partial charge >= 0.3 is 0 Å². The standard InChI is InChI=1S/C21H30N2O3.CH2O2/c24-20-21(10-14-23(20)12-7-18-5-2-1-3-6-18)9-13-22(17-21)11-8-19-25-15-4-16-26-19;2-1-3/h1-3,5-6,19H,4,7-17H2;1H,(H,2,3). The van der Waals surface area contributed by atoms with Gasteiger partial charge in [0.25, 0.3) is 6.47 Å². The summed E-state index contributed by atoms with van der Waals surface area (Å²) in [6.07, 6.45) is 4.80. The monoisotopic (exact) mass is 404 g/mol. The second-order valence-electron chi connectivity index (χ2n) is 8.00. The van der Waals surface area contributed by atoms with Crippen molar-refractivity contribution in [3.8, 4) is 0 Å². The second kappa shape index (κ2) is 10.7. The van der Waals surface area contributed by atoms with E-state index in [1.807, 2.05) is 6.07 Å². The van der Waals surface area contributed by atoms with E-state index in [4.69, 9.17) is 19.4 Å². The third-order valence-corrected chi connectivity index (χ3v) is 6.12. The lowest BCUT2D eigenvalue weighted by molar-refractivity contribution is -0.182. The van der Waals surface area contributed by atoms with Crippen LogP contribution in [0.4, 0.5) is 0 Å². The highest BCUT2D eigenvalue weighted by Gasteiger charge is 2.50. The van der Waals surface area contributed by atoms with E-state index in [1.54, 1.807) is 0 Å². The quantitative estimate of drug-likeness (QED) is 0.731. The number of carbonyl (C=O) groups excluding carboxylic acids is 1. The SMILES string of the molecule is O=C1N(CCc2ccccc2)CCC12CCN(CCC1OCCCO1)C2.O=CO. The van der Waals surface area contributed by atoms with E-state index in [9.17, 15) is 4.79 Å². The zero-order chi connectivity index (χ0) is 20.5. The molecule has 1 amide bonds. The molecule has 0 aromatic heterocycles. The summed E-state index contributed by atoms with van der Waals surface area (Å²) in [5.41, 5.74) is 1.17. The van der Waals surface area contributed by atoms with Crippen LogP contribution >= 0.6 is 0 Å². The third kappa shape index (κ3) is 5.78. The molecule has 29 heavy (non-hydrogen) atoms. The molecule has 160 valence electrons. The van der Waals surface area contributed by atoms with Crippen LogP contribution in [-0.4, -0.2) is 79.5 Å². The zero-order valence-corrected chi connectivity index (χ0v) is 17.0. The number of amides is 1. The smallest absolute Gasteiger partial charge is 0.290 e. The Balaban J connectivity index is 0.000000755. The molecule has 3 aliphatic heterocycles. The second-order valence-corrected chi connectivity index (χ2v) is 8.00. The average Bonchev–Trinajstić information content (AvgIpc) is 3.31. The molecule has 1 aromatic carbocycles. The van der Waals surface area contributed by atoms with Crippen molar-refractivity contribution in [2.45, 2.75) is 38.4 Å². The van der Waals surface area contributed by atoms with Crippen LogP contribution in [0.25, 0.3) is 0 Å². The van der Waals surface area contributed by atoms with Crippen LogP contribution in [0.3, 0.4) is 0 Å². The van der Waals surface area contributed by atoms with Crippen molar-refractivity contribution in [3.05, 3.63) is 35.9 Å². The summed E-state index contributed by atoms with van der Waals surface area (Å²) in [5, 5.41) is 6.89. The first-order valence-corrected chi connectivity index (χ1v) is 10.5. The molecule has 3 heterocycles. The molecule has 1 aromatic rings. The predicted octanol–water partition coefficient (Wildman–Crippen LogP) is 2.01. The number of hydrogen-bond acceptors (Lipinski definition) is 5. The van der Waals surface area contributed by atoms with Crippen molar-refractivity contribution in [2.24, 2.45) is 5.41 Å². The summed E-state index contributed by atoms with van der Waals surface area (Å²) >= 11 is 0. The van der Waals surface area contributed by atoms with E-state index in [0.29, 0.717) is 5.91 Å². The molecule has 7 nitrogen and oxygen atoms in total. The molecule has 1 unspecified atom stereocenters. The van der Waals surface area contributed by atoms with Gasteiger partial charge in [0.2, 0.25) is 5.91 Å². The molecule has 1 N–H and O–H groups in total. The van der Waals surface area contributed by atoms with Gasteiger partial charge in [-0.1, -0.05) is 30.3 Å². The van der Waals surface area contributed by atoms with Crippen LogP contribution in [-0.2, 0) is 25.5 Å². The van der Waals surface area contributed by atoms with Crippen LogP contribution in [0.1, 0.15) is 31.2 Å². The number of ether oxygens (including phenoxy) is 2. The fourth-order valence-electron chi connectivity index (χ4n) is 4.53. The molecule has 3 fully saturated rings. The van der Waals surface area contributed by atoms with Gasteiger partial charge in [0.15, 0.2) is 6.29 Å². The highest BCUT2D eigenvalue weighted by molar-refractivity contribution is 5.85. The fourth-order valence-corrected chi connectivity index (χ4v) is 4.53. The minimum absolute atomic E-state index is 0.0537. The molecule has 0 aliphatic carbocycles. The Morgan fingerprint density at radius 1 is 1.10 bits per heavy atom. The molecule has 1 atom stereocenters. The number of rotatable bonds is 6. The molecule has 0 radical (unpaired) electrons. The normalized spacial score (nSPS) is 25.2. The zero-order valence-electron chi connectivity index (χ0n) is 17.0. The van der Waals surface area contributed by atoms with E-state index in [0.717, 1.165) is 78.0 Å². The predicted molar refractivity (Wildman–Crippen MR) is 108 cm³/mol. The molecule has 3 saturated heterocycles. The molecule has 1 spiro atoms. The molecule has 3 aliphatic rings. The topological polar surface area (TPSA) is 79.3 Å². The van der Waals surface area contributed by atoms with Gasteiger partial charge in [-0.15, -0.1) is 0 Å². The first-order valence-electron chi connectivity index (χ1n) is 10.5. The Hall–Kier alpha value is -1.96. The van der Waals surface area contributed by atoms with Gasteiger partial charge in [0.05, 0.1) is 18.6 Å². The number of benzene rings is 1. The maximum atomic E-state index is 13.1. The van der Waals surface area contributed by atoms with Gasteiger partial charge in [-0.2, -0.15) is 0 Å². The maximum Gasteiger partial charge on any atom is 0.290 e. The number of likely N-dealkylation sites (tertiary alicyclic amines) is 2. The van der Waals surface area contributed by atoms with Gasteiger partial charge in [-0.25, -0.2) is 0 Å². The lowest BCUT2D eigenvalue weighted by Crippen LogP contribution is -2.38. The van der Waals surface area contributed by atoms with Crippen molar-refractivity contribution < 1.29 is 24.2 Å². The van der Waals surface area contributed by atoms with Crippen LogP contribution in [0.2, 0.25) is 0 Å². The van der Waals surface area contributed by atoms with Crippen molar-refractivity contribution in [3.63, 3.8) is 0 Å². The van der Waals surface area contributed by atoms with Crippen LogP contribution < -0.4 is 0 Å². The van der Waals surface area contributed by atoms with Crippen LogP contribution in [0.15, 0.2) is 30.3 Å². The largest absolute Gasteiger partial charge is 0.483 e. The van der Waals surface area contributed by atoms with Gasteiger partial charge in [-0.05, 0) is 37.8 Å². The van der Waals surface area contributed by atoms with Crippen molar-refractivity contribution >= 4 is 12.4 Å². The van der Waals surface area contributed by atoms with E-state index in [-0.39, 0.29) is 18.2 Å². The van der Waals surface area contributed by atoms with E-state index < -0.39 is 0 Å². The Morgan fingerprint density at radius 3 is 2.52 bits per heavy atom. The van der Waals surface area contributed by atoms with Gasteiger partial charge in [-0.3, -0.25) is 9.59 Å².